The third kappa shape index (κ3) is 2.76. The summed E-state index contributed by atoms with van der Waals surface area (Å²) in [7, 11) is 0. The summed E-state index contributed by atoms with van der Waals surface area (Å²) in [6.07, 6.45) is 7.82. The molecule has 3 nitrogen and oxygen atoms in total. The van der Waals surface area contributed by atoms with Gasteiger partial charge < -0.3 is 0 Å². The molecule has 0 aromatic carbocycles. The minimum Gasteiger partial charge on any atom is -0.246 e. The van der Waals surface area contributed by atoms with E-state index in [4.69, 9.17) is 0 Å². The molecule has 0 aliphatic rings. The normalized spacial score (nSPS) is 15.7. The SMILES string of the molecule is CCCC(C)(CC)n1cc(C(C)(CC)CC)nn1. The van der Waals surface area contributed by atoms with Crippen LogP contribution in [0, 0.1) is 0 Å². The van der Waals surface area contributed by atoms with E-state index in [1.165, 1.54) is 6.42 Å². The number of aromatic nitrogens is 3. The van der Waals surface area contributed by atoms with Crippen molar-refractivity contribution in [1.82, 2.24) is 15.0 Å². The summed E-state index contributed by atoms with van der Waals surface area (Å²) in [6.45, 7) is 13.5. The second-order valence-electron chi connectivity index (χ2n) is 5.92. The lowest BCUT2D eigenvalue weighted by Crippen LogP contribution is -2.30. The highest BCUT2D eigenvalue weighted by molar-refractivity contribution is 5.10. The summed E-state index contributed by atoms with van der Waals surface area (Å²) in [4.78, 5) is 0. The molecule has 0 aliphatic carbocycles. The van der Waals surface area contributed by atoms with Crippen molar-refractivity contribution in [1.29, 1.82) is 0 Å². The van der Waals surface area contributed by atoms with Gasteiger partial charge in [0.15, 0.2) is 0 Å². The minimum atomic E-state index is 0.113. The van der Waals surface area contributed by atoms with Crippen molar-refractivity contribution in [2.75, 3.05) is 0 Å². The van der Waals surface area contributed by atoms with Crippen LogP contribution in [0.1, 0.15) is 79.3 Å². The Morgan fingerprint density at radius 1 is 1.06 bits per heavy atom. The average Bonchev–Trinajstić information content (AvgIpc) is 2.88. The summed E-state index contributed by atoms with van der Waals surface area (Å²) >= 11 is 0. The molecular weight excluding hydrogens is 222 g/mol. The van der Waals surface area contributed by atoms with Gasteiger partial charge in [-0.2, -0.15) is 0 Å². The molecular formula is C15H29N3. The van der Waals surface area contributed by atoms with Crippen LogP contribution in [0.4, 0.5) is 0 Å². The molecule has 1 aromatic rings. The van der Waals surface area contributed by atoms with E-state index in [0.717, 1.165) is 31.4 Å². The smallest absolute Gasteiger partial charge is 0.0886 e. The zero-order valence-corrected chi connectivity index (χ0v) is 13.0. The summed E-state index contributed by atoms with van der Waals surface area (Å²) in [5.41, 5.74) is 1.42. The molecule has 0 amide bonds. The van der Waals surface area contributed by atoms with Gasteiger partial charge in [-0.25, -0.2) is 4.68 Å². The van der Waals surface area contributed by atoms with Gasteiger partial charge >= 0.3 is 0 Å². The van der Waals surface area contributed by atoms with Crippen molar-refractivity contribution in [3.05, 3.63) is 11.9 Å². The second-order valence-corrected chi connectivity index (χ2v) is 5.92. The van der Waals surface area contributed by atoms with Crippen molar-refractivity contribution < 1.29 is 0 Å². The van der Waals surface area contributed by atoms with E-state index in [1.54, 1.807) is 0 Å². The molecule has 104 valence electrons. The number of hydrogen-bond acceptors (Lipinski definition) is 2. The van der Waals surface area contributed by atoms with Crippen LogP contribution >= 0.6 is 0 Å². The molecule has 0 saturated carbocycles. The molecule has 1 atom stereocenters. The van der Waals surface area contributed by atoms with Crippen LogP contribution in [0.5, 0.6) is 0 Å². The van der Waals surface area contributed by atoms with Gasteiger partial charge in [-0.3, -0.25) is 0 Å². The molecule has 1 rings (SSSR count). The Morgan fingerprint density at radius 3 is 2.11 bits per heavy atom. The molecule has 3 heteroatoms. The topological polar surface area (TPSA) is 30.7 Å². The third-order valence-electron chi connectivity index (χ3n) is 4.78. The molecule has 0 aliphatic heterocycles. The van der Waals surface area contributed by atoms with Gasteiger partial charge in [0.05, 0.1) is 11.2 Å². The molecule has 0 bridgehead atoms. The fraction of sp³-hybridized carbons (Fsp3) is 0.867. The van der Waals surface area contributed by atoms with Gasteiger partial charge in [-0.1, -0.05) is 46.3 Å². The number of rotatable bonds is 7. The molecule has 0 saturated heterocycles. The summed E-state index contributed by atoms with van der Waals surface area (Å²) < 4.78 is 2.09. The Balaban J connectivity index is 3.05. The predicted octanol–water partition coefficient (Wildman–Crippen LogP) is 4.28. The lowest BCUT2D eigenvalue weighted by Gasteiger charge is -2.28. The van der Waals surface area contributed by atoms with E-state index >= 15 is 0 Å². The van der Waals surface area contributed by atoms with Gasteiger partial charge in [-0.15, -0.1) is 5.10 Å². The van der Waals surface area contributed by atoms with Gasteiger partial charge in [0.2, 0.25) is 0 Å². The second kappa shape index (κ2) is 5.85. The van der Waals surface area contributed by atoms with Crippen LogP contribution in [0.3, 0.4) is 0 Å². The maximum Gasteiger partial charge on any atom is 0.0886 e. The third-order valence-corrected chi connectivity index (χ3v) is 4.78. The first kappa shape index (κ1) is 15.2. The Labute approximate surface area is 112 Å². The van der Waals surface area contributed by atoms with Crippen molar-refractivity contribution in [3.63, 3.8) is 0 Å². The fourth-order valence-electron chi connectivity index (χ4n) is 2.41. The lowest BCUT2D eigenvalue weighted by atomic mass is 9.82. The number of nitrogens with zero attached hydrogens (tertiary/aromatic N) is 3. The zero-order chi connectivity index (χ0) is 13.8. The van der Waals surface area contributed by atoms with Gasteiger partial charge in [0.25, 0.3) is 0 Å². The zero-order valence-electron chi connectivity index (χ0n) is 13.0. The first-order valence-electron chi connectivity index (χ1n) is 7.39. The minimum absolute atomic E-state index is 0.113. The van der Waals surface area contributed by atoms with Crippen molar-refractivity contribution in [2.45, 2.75) is 84.6 Å². The van der Waals surface area contributed by atoms with Gasteiger partial charge in [-0.05, 0) is 32.6 Å². The molecule has 1 unspecified atom stereocenters. The van der Waals surface area contributed by atoms with E-state index in [9.17, 15) is 0 Å². The van der Waals surface area contributed by atoms with Crippen LogP contribution in [0.25, 0.3) is 0 Å². The first-order chi connectivity index (χ1) is 8.45. The highest BCUT2D eigenvalue weighted by atomic mass is 15.4. The fourth-order valence-corrected chi connectivity index (χ4v) is 2.41. The van der Waals surface area contributed by atoms with Crippen molar-refractivity contribution in [2.24, 2.45) is 0 Å². The Morgan fingerprint density at radius 2 is 1.67 bits per heavy atom. The summed E-state index contributed by atoms with van der Waals surface area (Å²) in [6, 6.07) is 0. The maximum absolute atomic E-state index is 4.44. The molecule has 1 aromatic heterocycles. The van der Waals surface area contributed by atoms with E-state index in [2.05, 4.69) is 62.7 Å². The molecule has 1 heterocycles. The Bertz CT molecular complexity index is 366. The standard InChI is InChI=1S/C15H29N3/c1-7-11-15(6,10-4)18-12-13(16-17-18)14(5,8-2)9-3/h12H,7-11H2,1-6H3. The molecule has 0 N–H and O–H groups in total. The van der Waals surface area contributed by atoms with Crippen LogP contribution in [-0.4, -0.2) is 15.0 Å². The van der Waals surface area contributed by atoms with Gasteiger partial charge in [0.1, 0.15) is 0 Å². The summed E-state index contributed by atoms with van der Waals surface area (Å²) in [5.74, 6) is 0. The van der Waals surface area contributed by atoms with Crippen molar-refractivity contribution in [3.8, 4) is 0 Å². The summed E-state index contributed by atoms with van der Waals surface area (Å²) in [5, 5.41) is 8.85. The quantitative estimate of drug-likeness (QED) is 0.724. The van der Waals surface area contributed by atoms with Crippen LogP contribution < -0.4 is 0 Å². The molecule has 0 radical (unpaired) electrons. The lowest BCUT2D eigenvalue weighted by molar-refractivity contribution is 0.246. The molecule has 0 spiro atoms. The van der Waals surface area contributed by atoms with Gasteiger partial charge in [0, 0.05) is 11.6 Å². The maximum atomic E-state index is 4.44. The Hall–Kier alpha value is -0.860. The average molecular weight is 251 g/mol. The van der Waals surface area contributed by atoms with E-state index in [1.807, 2.05) is 0 Å². The van der Waals surface area contributed by atoms with Crippen LogP contribution in [0.15, 0.2) is 6.20 Å². The van der Waals surface area contributed by atoms with Crippen LogP contribution in [0.2, 0.25) is 0 Å². The predicted molar refractivity (Wildman–Crippen MR) is 76.8 cm³/mol. The van der Waals surface area contributed by atoms with Crippen molar-refractivity contribution >= 4 is 0 Å². The Kier molecular flexibility index (Phi) is 4.94. The number of hydrogen-bond donors (Lipinski definition) is 0. The van der Waals surface area contributed by atoms with E-state index < -0.39 is 0 Å². The largest absolute Gasteiger partial charge is 0.246 e. The van der Waals surface area contributed by atoms with E-state index in [0.29, 0.717) is 0 Å². The van der Waals surface area contributed by atoms with E-state index in [-0.39, 0.29) is 11.0 Å². The highest BCUT2D eigenvalue weighted by Gasteiger charge is 2.30. The monoisotopic (exact) mass is 251 g/mol. The highest BCUT2D eigenvalue weighted by Crippen LogP contribution is 2.31. The molecule has 0 fully saturated rings. The first-order valence-corrected chi connectivity index (χ1v) is 7.39. The molecule has 18 heavy (non-hydrogen) atoms. The van der Waals surface area contributed by atoms with Crippen LogP contribution in [-0.2, 0) is 11.0 Å².